The molecule has 0 aromatic carbocycles. The van der Waals surface area contributed by atoms with Crippen LogP contribution in [0.3, 0.4) is 0 Å². The van der Waals surface area contributed by atoms with Gasteiger partial charge in [0.1, 0.15) is 0 Å². The molecule has 1 heterocycles. The molecule has 2 aliphatic rings. The predicted molar refractivity (Wildman–Crippen MR) is 71.4 cm³/mol. The second-order valence-corrected chi connectivity index (χ2v) is 6.92. The maximum absolute atomic E-state index is 12.3. The Morgan fingerprint density at radius 2 is 1.65 bits per heavy atom. The van der Waals surface area contributed by atoms with Gasteiger partial charge >= 0.3 is 6.18 Å². The zero-order valence-corrected chi connectivity index (χ0v) is 12.3. The molecule has 1 saturated heterocycles. The Morgan fingerprint density at radius 3 is 2.10 bits per heavy atom. The number of aliphatic hydroxyl groups is 1. The molecule has 0 aromatic heterocycles. The van der Waals surface area contributed by atoms with Crippen molar-refractivity contribution in [2.75, 3.05) is 39.3 Å². The SMILES string of the molecule is CC1(C)CCC(CN2CCN(CC(F)(F)F)CC2)C1O. The highest BCUT2D eigenvalue weighted by Crippen LogP contribution is 2.41. The van der Waals surface area contributed by atoms with E-state index in [-0.39, 0.29) is 17.4 Å². The summed E-state index contributed by atoms with van der Waals surface area (Å²) < 4.78 is 36.9. The number of aliphatic hydroxyl groups excluding tert-OH is 1. The molecule has 3 nitrogen and oxygen atoms in total. The summed E-state index contributed by atoms with van der Waals surface area (Å²) in [7, 11) is 0. The van der Waals surface area contributed by atoms with Crippen LogP contribution in [-0.4, -0.2) is 66.5 Å². The second-order valence-electron chi connectivity index (χ2n) is 6.92. The largest absolute Gasteiger partial charge is 0.401 e. The van der Waals surface area contributed by atoms with E-state index in [1.165, 1.54) is 4.90 Å². The molecule has 0 aromatic rings. The normalized spacial score (nSPS) is 32.7. The van der Waals surface area contributed by atoms with E-state index in [0.29, 0.717) is 26.2 Å². The van der Waals surface area contributed by atoms with Crippen LogP contribution in [0.15, 0.2) is 0 Å². The molecule has 2 unspecified atom stereocenters. The van der Waals surface area contributed by atoms with Crippen molar-refractivity contribution in [3.63, 3.8) is 0 Å². The summed E-state index contributed by atoms with van der Waals surface area (Å²) in [5.74, 6) is 0.263. The molecule has 0 amide bonds. The van der Waals surface area contributed by atoms with Gasteiger partial charge in [-0.15, -0.1) is 0 Å². The highest BCUT2D eigenvalue weighted by Gasteiger charge is 2.41. The lowest BCUT2D eigenvalue weighted by molar-refractivity contribution is -0.149. The van der Waals surface area contributed by atoms with Crippen LogP contribution in [0.1, 0.15) is 26.7 Å². The first kappa shape index (κ1) is 16.0. The number of halogens is 3. The minimum absolute atomic E-state index is 0.0250. The first-order valence-corrected chi connectivity index (χ1v) is 7.37. The summed E-state index contributed by atoms with van der Waals surface area (Å²) in [6, 6.07) is 0. The predicted octanol–water partition coefficient (Wildman–Crippen LogP) is 1.96. The minimum atomic E-state index is -4.10. The highest BCUT2D eigenvalue weighted by atomic mass is 19.4. The van der Waals surface area contributed by atoms with Crippen molar-refractivity contribution in [1.82, 2.24) is 9.80 Å². The van der Waals surface area contributed by atoms with Gasteiger partial charge in [-0.1, -0.05) is 13.8 Å². The van der Waals surface area contributed by atoms with Crippen molar-refractivity contribution < 1.29 is 18.3 Å². The van der Waals surface area contributed by atoms with Gasteiger partial charge in [-0.3, -0.25) is 4.90 Å². The summed E-state index contributed by atoms with van der Waals surface area (Å²) in [4.78, 5) is 3.66. The number of piperazine rings is 1. The second kappa shape index (κ2) is 5.81. The molecule has 0 spiro atoms. The van der Waals surface area contributed by atoms with Crippen LogP contribution in [0.5, 0.6) is 0 Å². The first-order valence-electron chi connectivity index (χ1n) is 7.37. The van der Waals surface area contributed by atoms with Gasteiger partial charge < -0.3 is 10.0 Å². The average molecular weight is 294 g/mol. The lowest BCUT2D eigenvalue weighted by Crippen LogP contribution is -2.50. The Balaban J connectivity index is 1.75. The quantitative estimate of drug-likeness (QED) is 0.862. The van der Waals surface area contributed by atoms with Crippen molar-refractivity contribution in [3.8, 4) is 0 Å². The molecule has 0 bridgehead atoms. The fraction of sp³-hybridized carbons (Fsp3) is 1.00. The van der Waals surface area contributed by atoms with E-state index < -0.39 is 12.7 Å². The molecule has 0 radical (unpaired) electrons. The van der Waals surface area contributed by atoms with E-state index in [0.717, 1.165) is 19.4 Å². The molecule has 1 aliphatic heterocycles. The third-order valence-electron chi connectivity index (χ3n) is 4.77. The Bertz CT molecular complexity index is 325. The van der Waals surface area contributed by atoms with Gasteiger partial charge in [0, 0.05) is 32.7 Å². The lowest BCUT2D eigenvalue weighted by atomic mass is 9.87. The topological polar surface area (TPSA) is 26.7 Å². The fourth-order valence-corrected chi connectivity index (χ4v) is 3.41. The molecule has 2 atom stereocenters. The first-order chi connectivity index (χ1) is 9.17. The van der Waals surface area contributed by atoms with Crippen LogP contribution in [-0.2, 0) is 0 Å². The maximum atomic E-state index is 12.3. The van der Waals surface area contributed by atoms with Crippen LogP contribution >= 0.6 is 0 Å². The van der Waals surface area contributed by atoms with Crippen molar-refractivity contribution in [2.24, 2.45) is 11.3 Å². The van der Waals surface area contributed by atoms with Crippen LogP contribution < -0.4 is 0 Å². The van der Waals surface area contributed by atoms with Gasteiger partial charge in [-0.2, -0.15) is 13.2 Å². The van der Waals surface area contributed by atoms with E-state index in [2.05, 4.69) is 18.7 Å². The smallest absolute Gasteiger partial charge is 0.392 e. The Kier molecular flexibility index (Phi) is 4.66. The Labute approximate surface area is 118 Å². The summed E-state index contributed by atoms with van der Waals surface area (Å²) in [5, 5.41) is 10.3. The van der Waals surface area contributed by atoms with Crippen LogP contribution in [0.2, 0.25) is 0 Å². The molecule has 1 saturated carbocycles. The van der Waals surface area contributed by atoms with Crippen molar-refractivity contribution in [1.29, 1.82) is 0 Å². The molecule has 118 valence electrons. The summed E-state index contributed by atoms with van der Waals surface area (Å²) in [6.45, 7) is 6.43. The van der Waals surface area contributed by atoms with Gasteiger partial charge in [-0.25, -0.2) is 0 Å². The summed E-state index contributed by atoms with van der Waals surface area (Å²) >= 11 is 0. The van der Waals surface area contributed by atoms with E-state index in [1.807, 2.05) is 0 Å². The molecule has 1 aliphatic carbocycles. The minimum Gasteiger partial charge on any atom is -0.392 e. The molecular formula is C14H25F3N2O. The molecule has 2 rings (SSSR count). The van der Waals surface area contributed by atoms with Crippen LogP contribution in [0, 0.1) is 11.3 Å². The van der Waals surface area contributed by atoms with Gasteiger partial charge in [0.15, 0.2) is 0 Å². The fourth-order valence-electron chi connectivity index (χ4n) is 3.41. The molecular weight excluding hydrogens is 269 g/mol. The monoisotopic (exact) mass is 294 g/mol. The summed E-state index contributed by atoms with van der Waals surface area (Å²) in [5.41, 5.74) is -0.0250. The summed E-state index contributed by atoms with van der Waals surface area (Å²) in [6.07, 6.45) is -2.37. The number of hydrogen-bond donors (Lipinski definition) is 1. The van der Waals surface area contributed by atoms with Gasteiger partial charge in [-0.05, 0) is 24.2 Å². The zero-order chi connectivity index (χ0) is 15.0. The van der Waals surface area contributed by atoms with E-state index in [1.54, 1.807) is 0 Å². The average Bonchev–Trinajstić information content (AvgIpc) is 2.57. The molecule has 2 fully saturated rings. The number of nitrogens with zero attached hydrogens (tertiary/aromatic N) is 2. The molecule has 6 heteroatoms. The highest BCUT2D eigenvalue weighted by molar-refractivity contribution is 4.92. The molecule has 1 N–H and O–H groups in total. The van der Waals surface area contributed by atoms with Gasteiger partial charge in [0.05, 0.1) is 12.6 Å². The van der Waals surface area contributed by atoms with Crippen molar-refractivity contribution in [3.05, 3.63) is 0 Å². The Morgan fingerprint density at radius 1 is 1.10 bits per heavy atom. The van der Waals surface area contributed by atoms with Crippen LogP contribution in [0.25, 0.3) is 0 Å². The number of alkyl halides is 3. The standard InChI is InChI=1S/C14H25F3N2O/c1-13(2)4-3-11(12(13)20)9-18-5-7-19(8-6-18)10-14(15,16)17/h11-12,20H,3-10H2,1-2H3. The van der Waals surface area contributed by atoms with E-state index in [9.17, 15) is 18.3 Å². The van der Waals surface area contributed by atoms with Gasteiger partial charge in [0.25, 0.3) is 0 Å². The van der Waals surface area contributed by atoms with Crippen molar-refractivity contribution in [2.45, 2.75) is 39.0 Å². The third kappa shape index (κ3) is 4.09. The third-order valence-corrected chi connectivity index (χ3v) is 4.77. The van der Waals surface area contributed by atoms with E-state index >= 15 is 0 Å². The van der Waals surface area contributed by atoms with E-state index in [4.69, 9.17) is 0 Å². The molecule has 20 heavy (non-hydrogen) atoms. The maximum Gasteiger partial charge on any atom is 0.401 e. The van der Waals surface area contributed by atoms with Gasteiger partial charge in [0.2, 0.25) is 0 Å². The Hall–Kier alpha value is -0.330. The zero-order valence-electron chi connectivity index (χ0n) is 12.3. The number of rotatable bonds is 3. The van der Waals surface area contributed by atoms with Crippen LogP contribution in [0.4, 0.5) is 13.2 Å². The number of hydrogen-bond acceptors (Lipinski definition) is 3. The van der Waals surface area contributed by atoms with Crippen molar-refractivity contribution >= 4 is 0 Å². The lowest BCUT2D eigenvalue weighted by Gasteiger charge is -2.37.